The Morgan fingerprint density at radius 1 is 1.19 bits per heavy atom. The van der Waals surface area contributed by atoms with Crippen molar-refractivity contribution >= 4 is 15.9 Å². The highest BCUT2D eigenvalue weighted by molar-refractivity contribution is 9.10. The molecule has 0 amide bonds. The highest BCUT2D eigenvalue weighted by Crippen LogP contribution is 2.37. The fourth-order valence-corrected chi connectivity index (χ4v) is 3.26. The average molecular weight is 363 g/mol. The molecule has 2 fully saturated rings. The molecule has 1 aromatic rings. The molecule has 116 valence electrons. The summed E-state index contributed by atoms with van der Waals surface area (Å²) in [5.41, 5.74) is -0.0296. The minimum Gasteiger partial charge on any atom is -0.373 e. The molecule has 21 heavy (non-hydrogen) atoms. The van der Waals surface area contributed by atoms with E-state index in [1.165, 1.54) is 12.1 Å². The van der Waals surface area contributed by atoms with E-state index >= 15 is 0 Å². The maximum absolute atomic E-state index is 13.9. The minimum atomic E-state index is -0.593. The van der Waals surface area contributed by atoms with Crippen LogP contribution < -0.4 is 0 Å². The van der Waals surface area contributed by atoms with Crippen molar-refractivity contribution in [2.75, 3.05) is 13.2 Å². The van der Waals surface area contributed by atoms with Crippen molar-refractivity contribution in [3.63, 3.8) is 0 Å². The summed E-state index contributed by atoms with van der Waals surface area (Å²) >= 11 is 3.06. The Kier molecular flexibility index (Phi) is 4.59. The van der Waals surface area contributed by atoms with Crippen molar-refractivity contribution in [2.24, 2.45) is 0 Å². The Morgan fingerprint density at radius 2 is 1.86 bits per heavy atom. The van der Waals surface area contributed by atoms with Gasteiger partial charge in [0, 0.05) is 12.8 Å². The monoisotopic (exact) mass is 362 g/mol. The van der Waals surface area contributed by atoms with Crippen molar-refractivity contribution in [2.45, 2.75) is 44.2 Å². The lowest BCUT2D eigenvalue weighted by molar-refractivity contribution is -0.192. The van der Waals surface area contributed by atoms with Crippen LogP contribution in [0.5, 0.6) is 0 Å². The van der Waals surface area contributed by atoms with Gasteiger partial charge in [-0.15, -0.1) is 0 Å². The highest BCUT2D eigenvalue weighted by Gasteiger charge is 2.40. The van der Waals surface area contributed by atoms with Crippen LogP contribution in [0.2, 0.25) is 0 Å². The molecule has 1 heterocycles. The molecule has 1 aromatic carbocycles. The molecule has 6 heteroatoms. The number of benzene rings is 1. The summed E-state index contributed by atoms with van der Waals surface area (Å²) in [4.78, 5) is 0. The van der Waals surface area contributed by atoms with Crippen LogP contribution in [-0.2, 0) is 20.8 Å². The summed E-state index contributed by atoms with van der Waals surface area (Å²) in [6.45, 7) is 1.22. The molecule has 1 aliphatic heterocycles. The van der Waals surface area contributed by atoms with Gasteiger partial charge >= 0.3 is 0 Å². The Hall–Kier alpha value is -0.560. The second-order valence-corrected chi connectivity index (χ2v) is 6.29. The molecule has 1 saturated carbocycles. The van der Waals surface area contributed by atoms with Crippen LogP contribution in [0.3, 0.4) is 0 Å². The van der Waals surface area contributed by atoms with Gasteiger partial charge in [0.1, 0.15) is 11.6 Å². The first-order valence-electron chi connectivity index (χ1n) is 7.11. The van der Waals surface area contributed by atoms with Gasteiger partial charge in [0.2, 0.25) is 0 Å². The molecule has 2 aliphatic rings. The third-order valence-electron chi connectivity index (χ3n) is 4.11. The third-order valence-corrected chi connectivity index (χ3v) is 4.72. The number of hydrogen-bond donors (Lipinski definition) is 0. The summed E-state index contributed by atoms with van der Waals surface area (Å²) in [7, 11) is 0. The zero-order chi connectivity index (χ0) is 14.9. The summed E-state index contributed by atoms with van der Waals surface area (Å²) in [5.74, 6) is -1.61. The smallest absolute Gasteiger partial charge is 0.168 e. The van der Waals surface area contributed by atoms with E-state index in [2.05, 4.69) is 15.9 Å². The van der Waals surface area contributed by atoms with Crippen molar-refractivity contribution in [1.29, 1.82) is 0 Å². The SMILES string of the molecule is Fc1ccc(Br)c(F)c1COC1CCC2(CC1)OCCO2. The second kappa shape index (κ2) is 6.28. The van der Waals surface area contributed by atoms with Crippen molar-refractivity contribution in [3.05, 3.63) is 33.8 Å². The minimum absolute atomic E-state index is 0.0128. The fourth-order valence-electron chi connectivity index (χ4n) is 2.89. The Labute approximate surface area is 130 Å². The van der Waals surface area contributed by atoms with Crippen LogP contribution in [0.25, 0.3) is 0 Å². The van der Waals surface area contributed by atoms with E-state index in [0.29, 0.717) is 13.2 Å². The number of ether oxygens (including phenoxy) is 3. The fraction of sp³-hybridized carbons (Fsp3) is 0.600. The standard InChI is InChI=1S/C15H17BrF2O3/c16-12-1-2-13(17)11(14(12)18)9-19-10-3-5-15(6-4-10)20-7-8-21-15/h1-2,10H,3-9H2. The average Bonchev–Trinajstić information content (AvgIpc) is 2.94. The molecule has 0 N–H and O–H groups in total. The summed E-state index contributed by atoms with van der Waals surface area (Å²) in [6, 6.07) is 2.59. The normalized spacial score (nSPS) is 22.0. The maximum atomic E-state index is 13.9. The molecule has 3 rings (SSSR count). The first-order chi connectivity index (χ1) is 10.1. The molecule has 1 aliphatic carbocycles. The summed E-state index contributed by atoms with van der Waals surface area (Å²) in [6.07, 6.45) is 3.07. The molecular formula is C15H17BrF2O3. The topological polar surface area (TPSA) is 27.7 Å². The van der Waals surface area contributed by atoms with E-state index < -0.39 is 17.4 Å². The number of rotatable bonds is 3. The molecule has 1 saturated heterocycles. The molecule has 0 unspecified atom stereocenters. The van der Waals surface area contributed by atoms with Crippen molar-refractivity contribution < 1.29 is 23.0 Å². The predicted octanol–water partition coefficient (Wildman–Crippen LogP) is 3.93. The molecule has 0 atom stereocenters. The number of halogens is 3. The Bertz CT molecular complexity index is 508. The Morgan fingerprint density at radius 3 is 2.52 bits per heavy atom. The van der Waals surface area contributed by atoms with Gasteiger partial charge in [-0.2, -0.15) is 0 Å². The lowest BCUT2D eigenvalue weighted by atomic mass is 9.92. The van der Waals surface area contributed by atoms with Gasteiger partial charge in [0.05, 0.1) is 36.0 Å². The van der Waals surface area contributed by atoms with Gasteiger partial charge in [-0.05, 0) is 40.9 Å². The molecular weight excluding hydrogens is 346 g/mol. The zero-order valence-electron chi connectivity index (χ0n) is 11.5. The first-order valence-corrected chi connectivity index (χ1v) is 7.91. The van der Waals surface area contributed by atoms with Crippen LogP contribution in [0.4, 0.5) is 8.78 Å². The molecule has 0 aromatic heterocycles. The van der Waals surface area contributed by atoms with E-state index in [-0.39, 0.29) is 22.7 Å². The van der Waals surface area contributed by atoms with Gasteiger partial charge in [-0.1, -0.05) is 0 Å². The lowest BCUT2D eigenvalue weighted by Gasteiger charge is -2.35. The van der Waals surface area contributed by atoms with Gasteiger partial charge in [-0.3, -0.25) is 0 Å². The van der Waals surface area contributed by atoms with E-state index in [1.54, 1.807) is 0 Å². The molecule has 1 spiro atoms. The van der Waals surface area contributed by atoms with Crippen LogP contribution >= 0.6 is 15.9 Å². The predicted molar refractivity (Wildman–Crippen MR) is 75.7 cm³/mol. The zero-order valence-corrected chi connectivity index (χ0v) is 13.1. The lowest BCUT2D eigenvalue weighted by Crippen LogP contribution is -2.37. The molecule has 3 nitrogen and oxygen atoms in total. The Balaban J connectivity index is 1.56. The van der Waals surface area contributed by atoms with Crippen molar-refractivity contribution in [3.8, 4) is 0 Å². The maximum Gasteiger partial charge on any atom is 0.168 e. The third kappa shape index (κ3) is 3.28. The van der Waals surface area contributed by atoms with E-state index in [4.69, 9.17) is 14.2 Å². The van der Waals surface area contributed by atoms with Gasteiger partial charge in [0.25, 0.3) is 0 Å². The largest absolute Gasteiger partial charge is 0.373 e. The highest BCUT2D eigenvalue weighted by atomic mass is 79.9. The van der Waals surface area contributed by atoms with Crippen molar-refractivity contribution in [1.82, 2.24) is 0 Å². The van der Waals surface area contributed by atoms with Crippen LogP contribution in [0.15, 0.2) is 16.6 Å². The summed E-state index contributed by atoms with van der Waals surface area (Å²) in [5, 5.41) is 0. The van der Waals surface area contributed by atoms with Crippen LogP contribution in [0, 0.1) is 11.6 Å². The number of hydrogen-bond acceptors (Lipinski definition) is 3. The van der Waals surface area contributed by atoms with E-state index in [9.17, 15) is 8.78 Å². The van der Waals surface area contributed by atoms with Gasteiger partial charge in [-0.25, -0.2) is 8.78 Å². The van der Waals surface area contributed by atoms with Gasteiger partial charge < -0.3 is 14.2 Å². The quantitative estimate of drug-likeness (QED) is 0.762. The molecule has 0 bridgehead atoms. The van der Waals surface area contributed by atoms with E-state index in [0.717, 1.165) is 25.7 Å². The van der Waals surface area contributed by atoms with E-state index in [1.807, 2.05) is 0 Å². The van der Waals surface area contributed by atoms with Crippen LogP contribution in [-0.4, -0.2) is 25.1 Å². The summed E-state index contributed by atoms with van der Waals surface area (Å²) < 4.78 is 44.7. The molecule has 0 radical (unpaired) electrons. The van der Waals surface area contributed by atoms with Gasteiger partial charge in [0.15, 0.2) is 5.79 Å². The second-order valence-electron chi connectivity index (χ2n) is 5.44. The van der Waals surface area contributed by atoms with Crippen LogP contribution in [0.1, 0.15) is 31.2 Å². The first kappa shape index (κ1) is 15.3.